The van der Waals surface area contributed by atoms with Crippen molar-refractivity contribution in [2.24, 2.45) is 0 Å². The minimum Gasteiger partial charge on any atom is -0.355 e. The van der Waals surface area contributed by atoms with Gasteiger partial charge in [0, 0.05) is 29.3 Å². The van der Waals surface area contributed by atoms with Crippen molar-refractivity contribution in [3.8, 4) is 0 Å². The standard InChI is InChI=1S/C7H14N2O2.2H2/c1-3-7(11)9-5-4-8-6(2)10;;/h3-5H2,1-2H3,(H,8,10)(H,9,11);2*1H. The fraction of sp³-hybridized carbons (Fsp3) is 0.714. The van der Waals surface area contributed by atoms with Gasteiger partial charge in [-0.15, -0.1) is 0 Å². The first-order valence-corrected chi connectivity index (χ1v) is 3.68. The summed E-state index contributed by atoms with van der Waals surface area (Å²) < 4.78 is 0. The van der Waals surface area contributed by atoms with Crippen LogP contribution in [0.3, 0.4) is 0 Å². The van der Waals surface area contributed by atoms with Gasteiger partial charge in [-0.2, -0.15) is 0 Å². The largest absolute Gasteiger partial charge is 0.355 e. The Morgan fingerprint density at radius 2 is 1.82 bits per heavy atom. The maximum Gasteiger partial charge on any atom is 0.219 e. The van der Waals surface area contributed by atoms with Crippen molar-refractivity contribution in [2.75, 3.05) is 13.1 Å². The van der Waals surface area contributed by atoms with Crippen LogP contribution in [0.5, 0.6) is 0 Å². The first kappa shape index (κ1) is 9.94. The third-order valence-electron chi connectivity index (χ3n) is 1.14. The molecule has 4 nitrogen and oxygen atoms in total. The van der Waals surface area contributed by atoms with Gasteiger partial charge in [-0.05, 0) is 0 Å². The maximum atomic E-state index is 10.6. The van der Waals surface area contributed by atoms with Crippen LogP contribution in [-0.4, -0.2) is 24.9 Å². The van der Waals surface area contributed by atoms with Crippen LogP contribution in [-0.2, 0) is 9.59 Å². The average Bonchev–Trinajstić information content (AvgIpc) is 1.97. The van der Waals surface area contributed by atoms with E-state index in [4.69, 9.17) is 0 Å². The first-order valence-electron chi connectivity index (χ1n) is 3.68. The Morgan fingerprint density at radius 1 is 1.27 bits per heavy atom. The van der Waals surface area contributed by atoms with E-state index in [9.17, 15) is 9.59 Å². The predicted molar refractivity (Wildman–Crippen MR) is 46.2 cm³/mol. The molecule has 0 radical (unpaired) electrons. The molecule has 0 bridgehead atoms. The molecule has 0 saturated heterocycles. The minimum absolute atomic E-state index is 0. The maximum absolute atomic E-state index is 10.6. The lowest BCUT2D eigenvalue weighted by Gasteiger charge is -2.02. The van der Waals surface area contributed by atoms with E-state index in [1.165, 1.54) is 6.92 Å². The van der Waals surface area contributed by atoms with E-state index in [1.54, 1.807) is 6.92 Å². The zero-order valence-corrected chi connectivity index (χ0v) is 6.94. The van der Waals surface area contributed by atoms with Crippen LogP contribution >= 0.6 is 0 Å². The molecule has 0 heterocycles. The molecule has 2 amide bonds. The molecule has 0 fully saturated rings. The predicted octanol–water partition coefficient (Wildman–Crippen LogP) is 0.141. The lowest BCUT2D eigenvalue weighted by Crippen LogP contribution is -2.33. The number of carbonyl (C=O) groups excluding carboxylic acids is 2. The van der Waals surface area contributed by atoms with E-state index in [2.05, 4.69) is 10.6 Å². The van der Waals surface area contributed by atoms with Crippen molar-refractivity contribution in [3.05, 3.63) is 0 Å². The smallest absolute Gasteiger partial charge is 0.219 e. The van der Waals surface area contributed by atoms with E-state index >= 15 is 0 Å². The molecule has 0 atom stereocenters. The van der Waals surface area contributed by atoms with Crippen LogP contribution in [0.25, 0.3) is 0 Å². The lowest BCUT2D eigenvalue weighted by atomic mass is 10.4. The summed E-state index contributed by atoms with van der Waals surface area (Å²) in [6.07, 6.45) is 0.486. The summed E-state index contributed by atoms with van der Waals surface area (Å²) in [7, 11) is 0. The quantitative estimate of drug-likeness (QED) is 0.578. The van der Waals surface area contributed by atoms with Crippen molar-refractivity contribution in [1.82, 2.24) is 10.6 Å². The number of rotatable bonds is 4. The molecule has 11 heavy (non-hydrogen) atoms. The molecule has 0 rings (SSSR count). The molecule has 0 saturated carbocycles. The topological polar surface area (TPSA) is 58.2 Å². The van der Waals surface area contributed by atoms with Crippen LogP contribution in [0.1, 0.15) is 23.1 Å². The van der Waals surface area contributed by atoms with Crippen LogP contribution < -0.4 is 10.6 Å². The number of nitrogens with one attached hydrogen (secondary N) is 2. The van der Waals surface area contributed by atoms with Crippen LogP contribution in [0.2, 0.25) is 0 Å². The second kappa shape index (κ2) is 5.70. The second-order valence-electron chi connectivity index (χ2n) is 2.19. The van der Waals surface area contributed by atoms with Gasteiger partial charge in [0.1, 0.15) is 0 Å². The van der Waals surface area contributed by atoms with Gasteiger partial charge < -0.3 is 10.6 Å². The Kier molecular flexibility index (Phi) is 5.15. The second-order valence-corrected chi connectivity index (χ2v) is 2.19. The number of hydrogen-bond acceptors (Lipinski definition) is 2. The summed E-state index contributed by atoms with van der Waals surface area (Å²) in [4.78, 5) is 21.0. The Labute approximate surface area is 69.3 Å². The van der Waals surface area contributed by atoms with Gasteiger partial charge in [0.2, 0.25) is 11.8 Å². The van der Waals surface area contributed by atoms with Crippen molar-refractivity contribution >= 4 is 11.8 Å². The van der Waals surface area contributed by atoms with E-state index in [-0.39, 0.29) is 14.7 Å². The molecule has 0 aromatic heterocycles. The molecule has 0 aromatic carbocycles. The normalized spacial score (nSPS) is 8.91. The van der Waals surface area contributed by atoms with Gasteiger partial charge >= 0.3 is 0 Å². The number of amides is 2. The highest BCUT2D eigenvalue weighted by Crippen LogP contribution is 1.72. The Balaban J connectivity index is -0.000000500. The molecular formula is C7H18N2O2. The van der Waals surface area contributed by atoms with Crippen molar-refractivity contribution in [2.45, 2.75) is 20.3 Å². The molecule has 0 spiro atoms. The van der Waals surface area contributed by atoms with Gasteiger partial charge in [-0.1, -0.05) is 6.92 Å². The SMILES string of the molecule is CCC(=O)NCCNC(C)=O.[HH].[HH]. The van der Waals surface area contributed by atoms with Gasteiger partial charge in [-0.25, -0.2) is 0 Å². The highest BCUT2D eigenvalue weighted by atomic mass is 16.2. The fourth-order valence-electron chi connectivity index (χ4n) is 0.565. The molecule has 4 heteroatoms. The number of carbonyl (C=O) groups is 2. The molecule has 2 N–H and O–H groups in total. The summed E-state index contributed by atoms with van der Waals surface area (Å²) in [5.41, 5.74) is 0. The molecule has 0 unspecified atom stereocenters. The van der Waals surface area contributed by atoms with Gasteiger partial charge in [0.05, 0.1) is 0 Å². The van der Waals surface area contributed by atoms with Gasteiger partial charge in [-0.3, -0.25) is 9.59 Å². The van der Waals surface area contributed by atoms with Crippen molar-refractivity contribution in [1.29, 1.82) is 0 Å². The third kappa shape index (κ3) is 6.83. The summed E-state index contributed by atoms with van der Waals surface area (Å²) >= 11 is 0. The van der Waals surface area contributed by atoms with Crippen molar-refractivity contribution < 1.29 is 12.4 Å². The minimum atomic E-state index is -0.0734. The van der Waals surface area contributed by atoms with Crippen LogP contribution in [0, 0.1) is 0 Å². The highest BCUT2D eigenvalue weighted by Gasteiger charge is 1.94. The van der Waals surface area contributed by atoms with E-state index < -0.39 is 0 Å². The van der Waals surface area contributed by atoms with E-state index in [0.717, 1.165) is 0 Å². The van der Waals surface area contributed by atoms with Gasteiger partial charge in [0.15, 0.2) is 0 Å². The van der Waals surface area contributed by atoms with E-state index in [0.29, 0.717) is 19.5 Å². The fourth-order valence-corrected chi connectivity index (χ4v) is 0.565. The van der Waals surface area contributed by atoms with Gasteiger partial charge in [0.25, 0.3) is 0 Å². The monoisotopic (exact) mass is 162 g/mol. The lowest BCUT2D eigenvalue weighted by molar-refractivity contribution is -0.121. The Hall–Kier alpha value is -1.06. The summed E-state index contributed by atoms with van der Waals surface area (Å²) in [6, 6.07) is 0. The van der Waals surface area contributed by atoms with Crippen LogP contribution in [0.4, 0.5) is 0 Å². The third-order valence-corrected chi connectivity index (χ3v) is 1.14. The first-order chi connectivity index (χ1) is 5.16. The molecule has 0 aliphatic rings. The van der Waals surface area contributed by atoms with E-state index in [1.807, 2.05) is 0 Å². The summed E-state index contributed by atoms with van der Waals surface area (Å²) in [5, 5.41) is 5.21. The zero-order chi connectivity index (χ0) is 8.69. The average molecular weight is 162 g/mol. The molecule has 0 aromatic rings. The van der Waals surface area contributed by atoms with Crippen molar-refractivity contribution in [3.63, 3.8) is 0 Å². The Bertz CT molecular complexity index is 153. The number of hydrogen-bond donors (Lipinski definition) is 2. The highest BCUT2D eigenvalue weighted by molar-refractivity contribution is 5.75. The summed E-state index contributed by atoms with van der Waals surface area (Å²) in [5.74, 6) is -0.0638. The molecule has 0 aliphatic heterocycles. The molecular weight excluding hydrogens is 144 g/mol. The zero-order valence-electron chi connectivity index (χ0n) is 6.94. The Morgan fingerprint density at radius 3 is 2.27 bits per heavy atom. The van der Waals surface area contributed by atoms with Crippen LogP contribution in [0.15, 0.2) is 0 Å². The molecule has 68 valence electrons. The summed E-state index contributed by atoms with van der Waals surface area (Å²) in [6.45, 7) is 4.24. The molecule has 0 aliphatic carbocycles.